The van der Waals surface area contributed by atoms with E-state index in [9.17, 15) is 4.79 Å². The first-order valence-electron chi connectivity index (χ1n) is 9.27. The number of para-hydroxylation sites is 2. The summed E-state index contributed by atoms with van der Waals surface area (Å²) in [7, 11) is 1.56. The Morgan fingerprint density at radius 2 is 1.83 bits per heavy atom. The maximum absolute atomic E-state index is 12.5. The van der Waals surface area contributed by atoms with Crippen molar-refractivity contribution in [2.75, 3.05) is 12.4 Å². The third-order valence-corrected chi connectivity index (χ3v) is 4.81. The molecule has 2 N–H and O–H groups in total. The van der Waals surface area contributed by atoms with Crippen LogP contribution in [-0.2, 0) is 0 Å². The molecule has 3 aromatic carbocycles. The summed E-state index contributed by atoms with van der Waals surface area (Å²) in [5.74, 6) is 0.777. The molecule has 1 aromatic heterocycles. The lowest BCUT2D eigenvalue weighted by molar-refractivity contribution is 0.0977. The van der Waals surface area contributed by atoms with Crippen molar-refractivity contribution in [3.05, 3.63) is 77.9 Å². The lowest BCUT2D eigenvalue weighted by atomic mass is 10.1. The van der Waals surface area contributed by atoms with E-state index in [1.54, 1.807) is 19.2 Å². The smallest absolute Gasteiger partial charge is 0.257 e. The van der Waals surface area contributed by atoms with Crippen LogP contribution in [0.15, 0.2) is 71.1 Å². The molecule has 4 aromatic rings. The fourth-order valence-corrected chi connectivity index (χ4v) is 3.29. The third-order valence-electron chi connectivity index (χ3n) is 4.61. The summed E-state index contributed by atoms with van der Waals surface area (Å²) < 4.78 is 11.3. The second-order valence-electron chi connectivity index (χ2n) is 6.62. The van der Waals surface area contributed by atoms with Gasteiger partial charge in [0.1, 0.15) is 11.3 Å². The van der Waals surface area contributed by atoms with Gasteiger partial charge >= 0.3 is 0 Å². The van der Waals surface area contributed by atoms with E-state index in [2.05, 4.69) is 15.6 Å². The van der Waals surface area contributed by atoms with Gasteiger partial charge in [-0.05, 0) is 61.1 Å². The van der Waals surface area contributed by atoms with Gasteiger partial charge in [-0.3, -0.25) is 10.1 Å². The number of anilines is 1. The molecule has 0 unspecified atom stereocenters. The molecule has 0 saturated carbocycles. The van der Waals surface area contributed by atoms with E-state index in [0.717, 1.165) is 16.6 Å². The third kappa shape index (κ3) is 4.01. The zero-order valence-corrected chi connectivity index (χ0v) is 17.2. The number of nitrogens with zero attached hydrogens (tertiary/aromatic N) is 1. The van der Waals surface area contributed by atoms with Crippen LogP contribution in [0.25, 0.3) is 22.6 Å². The normalized spacial score (nSPS) is 10.6. The van der Waals surface area contributed by atoms with Crippen LogP contribution in [0.4, 0.5) is 5.69 Å². The maximum atomic E-state index is 12.5. The van der Waals surface area contributed by atoms with Gasteiger partial charge in [-0.2, -0.15) is 0 Å². The van der Waals surface area contributed by atoms with Crippen molar-refractivity contribution < 1.29 is 13.9 Å². The fraction of sp³-hybridized carbons (Fsp3) is 0.0870. The maximum Gasteiger partial charge on any atom is 0.257 e. The number of hydrogen-bond donors (Lipinski definition) is 2. The number of rotatable bonds is 4. The zero-order chi connectivity index (χ0) is 21.1. The molecule has 0 bridgehead atoms. The minimum absolute atomic E-state index is 0.163. The molecule has 1 amide bonds. The molecule has 6 nitrogen and oxygen atoms in total. The fourth-order valence-electron chi connectivity index (χ4n) is 3.09. The van der Waals surface area contributed by atoms with Crippen molar-refractivity contribution in [1.82, 2.24) is 10.3 Å². The minimum Gasteiger partial charge on any atom is -0.495 e. The topological polar surface area (TPSA) is 76.4 Å². The Morgan fingerprint density at radius 3 is 2.60 bits per heavy atom. The first-order chi connectivity index (χ1) is 14.5. The zero-order valence-electron chi connectivity index (χ0n) is 16.4. The van der Waals surface area contributed by atoms with Crippen molar-refractivity contribution in [3.8, 4) is 17.2 Å². The van der Waals surface area contributed by atoms with Crippen molar-refractivity contribution in [2.45, 2.75) is 6.92 Å². The minimum atomic E-state index is -0.278. The molecule has 0 radical (unpaired) electrons. The van der Waals surface area contributed by atoms with Gasteiger partial charge in [-0.15, -0.1) is 0 Å². The van der Waals surface area contributed by atoms with Gasteiger partial charge in [0.25, 0.3) is 5.91 Å². The number of oxazole rings is 1. The summed E-state index contributed by atoms with van der Waals surface area (Å²) in [5.41, 5.74) is 4.26. The molecule has 0 atom stereocenters. The Balaban J connectivity index is 1.57. The number of amides is 1. The lowest BCUT2D eigenvalue weighted by Gasteiger charge is -2.14. The first-order valence-corrected chi connectivity index (χ1v) is 9.68. The highest BCUT2D eigenvalue weighted by Gasteiger charge is 2.14. The van der Waals surface area contributed by atoms with E-state index >= 15 is 0 Å². The monoisotopic (exact) mass is 417 g/mol. The molecular formula is C23H19N3O3S. The average molecular weight is 417 g/mol. The van der Waals surface area contributed by atoms with E-state index in [4.69, 9.17) is 21.4 Å². The van der Waals surface area contributed by atoms with Gasteiger partial charge in [0.15, 0.2) is 10.7 Å². The van der Waals surface area contributed by atoms with E-state index < -0.39 is 0 Å². The predicted molar refractivity (Wildman–Crippen MR) is 121 cm³/mol. The van der Waals surface area contributed by atoms with Crippen LogP contribution in [0.2, 0.25) is 0 Å². The highest BCUT2D eigenvalue weighted by atomic mass is 32.1. The van der Waals surface area contributed by atoms with E-state index in [0.29, 0.717) is 28.5 Å². The van der Waals surface area contributed by atoms with Crippen molar-refractivity contribution in [3.63, 3.8) is 0 Å². The van der Waals surface area contributed by atoms with Gasteiger partial charge < -0.3 is 14.5 Å². The summed E-state index contributed by atoms with van der Waals surface area (Å²) in [6.07, 6.45) is 0. The number of carbonyl (C=O) groups is 1. The molecule has 0 aliphatic carbocycles. The van der Waals surface area contributed by atoms with Crippen LogP contribution in [0.5, 0.6) is 5.75 Å². The molecule has 150 valence electrons. The molecular weight excluding hydrogens is 398 g/mol. The van der Waals surface area contributed by atoms with Gasteiger partial charge in [0.05, 0.1) is 12.8 Å². The van der Waals surface area contributed by atoms with Crippen molar-refractivity contribution in [1.29, 1.82) is 0 Å². The summed E-state index contributed by atoms with van der Waals surface area (Å²) >= 11 is 5.34. The Labute approximate surface area is 178 Å². The van der Waals surface area contributed by atoms with E-state index in [1.807, 2.05) is 61.5 Å². The molecule has 7 heteroatoms. The van der Waals surface area contributed by atoms with Gasteiger partial charge in [-0.1, -0.05) is 30.3 Å². The molecule has 0 aliphatic heterocycles. The number of methoxy groups -OCH3 is 1. The Kier molecular flexibility index (Phi) is 5.45. The Hall–Kier alpha value is -3.71. The highest BCUT2D eigenvalue weighted by molar-refractivity contribution is 7.80. The molecule has 30 heavy (non-hydrogen) atoms. The van der Waals surface area contributed by atoms with Crippen molar-refractivity contribution >= 4 is 40.0 Å². The number of fused-ring (bicyclic) bond motifs is 1. The first kappa shape index (κ1) is 19.6. The average Bonchev–Trinajstić information content (AvgIpc) is 3.18. The molecule has 4 rings (SSSR count). The number of hydrogen-bond acceptors (Lipinski definition) is 5. The van der Waals surface area contributed by atoms with Crippen LogP contribution < -0.4 is 15.4 Å². The number of thiocarbonyl (C=S) groups is 1. The van der Waals surface area contributed by atoms with Crippen LogP contribution in [-0.4, -0.2) is 23.1 Å². The molecule has 0 saturated heterocycles. The molecule has 0 fully saturated rings. The number of ether oxygens (including phenoxy) is 1. The Bertz CT molecular complexity index is 1220. The number of benzene rings is 3. The summed E-state index contributed by atoms with van der Waals surface area (Å²) in [6.45, 7) is 1.87. The Morgan fingerprint density at radius 1 is 1.07 bits per heavy atom. The second-order valence-corrected chi connectivity index (χ2v) is 7.03. The molecule has 0 spiro atoms. The largest absolute Gasteiger partial charge is 0.495 e. The highest BCUT2D eigenvalue weighted by Crippen LogP contribution is 2.31. The van der Waals surface area contributed by atoms with Crippen LogP contribution in [0, 0.1) is 6.92 Å². The lowest BCUT2D eigenvalue weighted by Crippen LogP contribution is -2.34. The molecule has 1 heterocycles. The van der Waals surface area contributed by atoms with E-state index in [1.165, 1.54) is 0 Å². The summed E-state index contributed by atoms with van der Waals surface area (Å²) in [4.78, 5) is 17.0. The number of aromatic nitrogens is 1. The van der Waals surface area contributed by atoms with Crippen molar-refractivity contribution in [2.24, 2.45) is 0 Å². The SMILES string of the molecule is COc1ccc(-c2nc3ccccc3o2)cc1NC(=S)NC(=O)c1ccccc1C. The number of nitrogens with one attached hydrogen (secondary N) is 2. The second kappa shape index (κ2) is 8.34. The summed E-state index contributed by atoms with van der Waals surface area (Å²) in [5, 5.41) is 5.90. The van der Waals surface area contributed by atoms with Crippen LogP contribution >= 0.6 is 12.2 Å². The van der Waals surface area contributed by atoms with Gasteiger partial charge in [0.2, 0.25) is 5.89 Å². The summed E-state index contributed by atoms with van der Waals surface area (Å²) in [6, 6.07) is 20.3. The predicted octanol–water partition coefficient (Wildman–Crippen LogP) is 4.94. The number of aryl methyl sites for hydroxylation is 1. The number of carbonyl (C=O) groups excluding carboxylic acids is 1. The van der Waals surface area contributed by atoms with E-state index in [-0.39, 0.29) is 11.0 Å². The standard InChI is InChI=1S/C23H19N3O3S/c1-14-7-3-4-8-16(14)21(27)26-23(30)25-18-13-15(11-12-19(18)28-2)22-24-17-9-5-6-10-20(17)29-22/h3-13H,1-2H3,(H2,25,26,27,30). The van der Waals surface area contributed by atoms with Crippen LogP contribution in [0.1, 0.15) is 15.9 Å². The quantitative estimate of drug-likeness (QED) is 0.458. The molecule has 0 aliphatic rings. The van der Waals surface area contributed by atoms with Gasteiger partial charge in [-0.25, -0.2) is 4.98 Å². The van der Waals surface area contributed by atoms with Gasteiger partial charge in [0, 0.05) is 11.1 Å². The van der Waals surface area contributed by atoms with Crippen LogP contribution in [0.3, 0.4) is 0 Å².